The lowest BCUT2D eigenvalue weighted by atomic mass is 10.4. The molecule has 1 aromatic rings. The van der Waals surface area contributed by atoms with Crippen molar-refractivity contribution in [1.82, 2.24) is 15.1 Å². The van der Waals surface area contributed by atoms with Crippen molar-refractivity contribution in [2.24, 2.45) is 0 Å². The van der Waals surface area contributed by atoms with Crippen molar-refractivity contribution in [1.29, 1.82) is 0 Å². The summed E-state index contributed by atoms with van der Waals surface area (Å²) < 4.78 is 5.35. The second-order valence-corrected chi connectivity index (χ2v) is 4.35. The summed E-state index contributed by atoms with van der Waals surface area (Å²) in [7, 11) is 0. The highest BCUT2D eigenvalue weighted by molar-refractivity contribution is 7.99. The van der Waals surface area contributed by atoms with Crippen LogP contribution in [0.4, 0.5) is 0 Å². The quantitative estimate of drug-likeness (QED) is 0.686. The normalized spacial score (nSPS) is 10.5. The molecule has 7 heteroatoms. The van der Waals surface area contributed by atoms with Crippen LogP contribution < -0.4 is 5.73 Å². The molecule has 0 unspecified atom stereocenters. The molecule has 0 aliphatic rings. The predicted molar refractivity (Wildman–Crippen MR) is 64.4 cm³/mol. The molecule has 0 saturated heterocycles. The van der Waals surface area contributed by atoms with Gasteiger partial charge in [0.25, 0.3) is 5.22 Å². The van der Waals surface area contributed by atoms with E-state index in [1.807, 2.05) is 13.8 Å². The van der Waals surface area contributed by atoms with E-state index in [9.17, 15) is 4.79 Å². The van der Waals surface area contributed by atoms with E-state index in [-0.39, 0.29) is 5.91 Å². The molecule has 1 rings (SSSR count). The van der Waals surface area contributed by atoms with E-state index in [0.29, 0.717) is 23.3 Å². The summed E-state index contributed by atoms with van der Waals surface area (Å²) in [6.07, 6.45) is 0.678. The van der Waals surface area contributed by atoms with E-state index in [4.69, 9.17) is 4.42 Å². The molecule has 0 aromatic carbocycles. The van der Waals surface area contributed by atoms with Crippen molar-refractivity contribution in [2.75, 3.05) is 25.4 Å². The third-order valence-electron chi connectivity index (χ3n) is 2.27. The molecule has 0 spiro atoms. The maximum Gasteiger partial charge on any atom is 0.277 e. The Hall–Kier alpha value is -1.08. The van der Waals surface area contributed by atoms with Crippen LogP contribution in [0.3, 0.4) is 0 Å². The van der Waals surface area contributed by atoms with Gasteiger partial charge in [-0.2, -0.15) is 0 Å². The summed E-state index contributed by atoms with van der Waals surface area (Å²) in [5, 5.41) is 8.18. The first-order valence-electron chi connectivity index (χ1n) is 5.73. The number of nitrogens with zero attached hydrogens (tertiary/aromatic N) is 3. The van der Waals surface area contributed by atoms with Gasteiger partial charge in [0.1, 0.15) is 0 Å². The summed E-state index contributed by atoms with van der Waals surface area (Å²) in [4.78, 5) is 13.5. The molecule has 0 atom stereocenters. The predicted octanol–water partition coefficient (Wildman–Crippen LogP) is -0.185. The fourth-order valence-corrected chi connectivity index (χ4v) is 2.02. The number of thioether (sulfide) groups is 1. The summed E-state index contributed by atoms with van der Waals surface area (Å²) in [5.74, 6) is 1.02. The van der Waals surface area contributed by atoms with Gasteiger partial charge in [0.15, 0.2) is 0 Å². The standard InChI is InChI=1S/C10H18N4O2S/c1-3-14(4-2)9(15)7-17-10-13-12-8(16-10)5-6-11/h3-7,11H2,1-2H3/p+1. The topological polar surface area (TPSA) is 86.9 Å². The van der Waals surface area contributed by atoms with Crippen LogP contribution in [0.1, 0.15) is 19.7 Å². The Morgan fingerprint density at radius 2 is 2.12 bits per heavy atom. The Labute approximate surface area is 105 Å². The first-order chi connectivity index (χ1) is 8.21. The molecular formula is C10H19N4O2S+. The van der Waals surface area contributed by atoms with E-state index < -0.39 is 0 Å². The molecule has 0 fully saturated rings. The zero-order valence-corrected chi connectivity index (χ0v) is 11.1. The zero-order valence-electron chi connectivity index (χ0n) is 10.3. The minimum Gasteiger partial charge on any atom is -0.416 e. The number of hydrogen-bond donors (Lipinski definition) is 1. The highest BCUT2D eigenvalue weighted by Crippen LogP contribution is 2.16. The second kappa shape index (κ2) is 7.29. The third kappa shape index (κ3) is 4.35. The lowest BCUT2D eigenvalue weighted by Gasteiger charge is -2.17. The van der Waals surface area contributed by atoms with Crippen LogP contribution in [0.2, 0.25) is 0 Å². The van der Waals surface area contributed by atoms with E-state index in [2.05, 4.69) is 15.9 Å². The van der Waals surface area contributed by atoms with Crippen LogP contribution in [-0.4, -0.2) is 46.4 Å². The Bertz CT molecular complexity index is 352. The SMILES string of the molecule is CCN(CC)C(=O)CSc1nnc(CC[NH3+])o1. The molecule has 0 radical (unpaired) electrons. The summed E-state index contributed by atoms with van der Waals surface area (Å²) in [6.45, 7) is 6.11. The molecule has 0 saturated carbocycles. The van der Waals surface area contributed by atoms with Gasteiger partial charge in [0, 0.05) is 13.1 Å². The number of aromatic nitrogens is 2. The summed E-state index contributed by atoms with van der Waals surface area (Å²) in [5.41, 5.74) is 3.71. The van der Waals surface area contributed by atoms with Crippen molar-refractivity contribution >= 4 is 17.7 Å². The highest BCUT2D eigenvalue weighted by Gasteiger charge is 2.13. The number of hydrogen-bond acceptors (Lipinski definition) is 5. The van der Waals surface area contributed by atoms with Crippen LogP contribution >= 0.6 is 11.8 Å². The van der Waals surface area contributed by atoms with Gasteiger partial charge >= 0.3 is 0 Å². The van der Waals surface area contributed by atoms with Crippen molar-refractivity contribution in [3.8, 4) is 0 Å². The number of quaternary nitrogens is 1. The fraction of sp³-hybridized carbons (Fsp3) is 0.700. The van der Waals surface area contributed by atoms with Crippen molar-refractivity contribution in [3.05, 3.63) is 5.89 Å². The van der Waals surface area contributed by atoms with Gasteiger partial charge in [0.05, 0.1) is 18.7 Å². The van der Waals surface area contributed by atoms with Crippen LogP contribution in [0.5, 0.6) is 0 Å². The van der Waals surface area contributed by atoms with Gasteiger partial charge < -0.3 is 15.1 Å². The minimum atomic E-state index is 0.0944. The Balaban J connectivity index is 2.41. The molecule has 0 aliphatic carbocycles. The number of rotatable bonds is 7. The van der Waals surface area contributed by atoms with E-state index in [1.54, 1.807) is 4.90 Å². The molecule has 3 N–H and O–H groups in total. The molecule has 0 aliphatic heterocycles. The van der Waals surface area contributed by atoms with Gasteiger partial charge in [-0.25, -0.2) is 0 Å². The van der Waals surface area contributed by atoms with Crippen molar-refractivity contribution in [2.45, 2.75) is 25.5 Å². The average molecular weight is 259 g/mol. The number of amides is 1. The summed E-state index contributed by atoms with van der Waals surface area (Å²) in [6, 6.07) is 0. The van der Waals surface area contributed by atoms with Crippen molar-refractivity contribution < 1.29 is 14.9 Å². The zero-order chi connectivity index (χ0) is 12.7. The van der Waals surface area contributed by atoms with Crippen LogP contribution in [0.15, 0.2) is 9.64 Å². The highest BCUT2D eigenvalue weighted by atomic mass is 32.2. The van der Waals surface area contributed by atoms with E-state index in [1.165, 1.54) is 11.8 Å². The van der Waals surface area contributed by atoms with Gasteiger partial charge in [-0.3, -0.25) is 4.79 Å². The van der Waals surface area contributed by atoms with Crippen LogP contribution in [-0.2, 0) is 11.2 Å². The molecule has 6 nitrogen and oxygen atoms in total. The Kier molecular flexibility index (Phi) is 5.99. The molecule has 1 amide bonds. The number of carbonyl (C=O) groups excluding carboxylic acids is 1. The van der Waals surface area contributed by atoms with Gasteiger partial charge in [-0.15, -0.1) is 10.2 Å². The molecule has 17 heavy (non-hydrogen) atoms. The largest absolute Gasteiger partial charge is 0.416 e. The fourth-order valence-electron chi connectivity index (χ4n) is 1.34. The maximum absolute atomic E-state index is 11.7. The first-order valence-corrected chi connectivity index (χ1v) is 6.72. The molecule has 96 valence electrons. The molecule has 1 aromatic heterocycles. The second-order valence-electron chi connectivity index (χ2n) is 3.42. The lowest BCUT2D eigenvalue weighted by Crippen LogP contribution is -2.51. The maximum atomic E-state index is 11.7. The van der Waals surface area contributed by atoms with Gasteiger partial charge in [0.2, 0.25) is 11.8 Å². The van der Waals surface area contributed by atoms with E-state index in [0.717, 1.165) is 19.6 Å². The van der Waals surface area contributed by atoms with Gasteiger partial charge in [-0.1, -0.05) is 11.8 Å². The Morgan fingerprint density at radius 3 is 2.71 bits per heavy atom. The molecule has 1 heterocycles. The summed E-state index contributed by atoms with van der Waals surface area (Å²) >= 11 is 1.28. The van der Waals surface area contributed by atoms with E-state index >= 15 is 0 Å². The molecule has 0 bridgehead atoms. The lowest BCUT2D eigenvalue weighted by molar-refractivity contribution is -0.367. The number of carbonyl (C=O) groups is 1. The van der Waals surface area contributed by atoms with Crippen molar-refractivity contribution in [3.63, 3.8) is 0 Å². The van der Waals surface area contributed by atoms with Crippen LogP contribution in [0.25, 0.3) is 0 Å². The monoisotopic (exact) mass is 259 g/mol. The third-order valence-corrected chi connectivity index (χ3v) is 3.08. The van der Waals surface area contributed by atoms with Gasteiger partial charge in [-0.05, 0) is 13.8 Å². The Morgan fingerprint density at radius 1 is 1.41 bits per heavy atom. The first kappa shape index (κ1) is 14.0. The minimum absolute atomic E-state index is 0.0944. The average Bonchev–Trinajstić information content (AvgIpc) is 2.76. The van der Waals surface area contributed by atoms with Crippen LogP contribution in [0, 0.1) is 0 Å². The smallest absolute Gasteiger partial charge is 0.277 e. The molecular weight excluding hydrogens is 240 g/mol.